The maximum Gasteiger partial charge on any atom is 0.375 e. The zero-order valence-electron chi connectivity index (χ0n) is 11.0. The number of ether oxygens (including phenoxy) is 1. The number of hydrogen-bond acceptors (Lipinski definition) is 6. The molecule has 0 heterocycles. The summed E-state index contributed by atoms with van der Waals surface area (Å²) in [6.07, 6.45) is 0. The lowest BCUT2D eigenvalue weighted by Crippen LogP contribution is -2.29. The molecule has 106 valence electrons. The van der Waals surface area contributed by atoms with Gasteiger partial charge in [-0.15, -0.1) is 0 Å². The molecule has 0 spiro atoms. The molecule has 7 nitrogen and oxygen atoms in total. The molecule has 1 rings (SSSR count). The average molecular weight is 279 g/mol. The molecule has 0 N–H and O–H groups in total. The van der Waals surface area contributed by atoms with Crippen molar-refractivity contribution in [3.8, 4) is 0 Å². The van der Waals surface area contributed by atoms with Gasteiger partial charge in [0.05, 0.1) is 17.4 Å². The summed E-state index contributed by atoms with van der Waals surface area (Å²) in [5.74, 6) is -3.95. The van der Waals surface area contributed by atoms with Crippen LogP contribution in [0.1, 0.15) is 24.2 Å². The van der Waals surface area contributed by atoms with E-state index in [1.54, 1.807) is 0 Å². The number of nitrogens with zero attached hydrogens (tertiary/aromatic N) is 1. The summed E-state index contributed by atoms with van der Waals surface area (Å²) in [5, 5.41) is 10.6. The first-order chi connectivity index (χ1) is 9.38. The van der Waals surface area contributed by atoms with Crippen molar-refractivity contribution in [3.63, 3.8) is 0 Å². The van der Waals surface area contributed by atoms with E-state index in [-0.39, 0.29) is 17.9 Å². The van der Waals surface area contributed by atoms with E-state index in [2.05, 4.69) is 4.74 Å². The Morgan fingerprint density at radius 1 is 1.35 bits per heavy atom. The van der Waals surface area contributed by atoms with Gasteiger partial charge in [-0.05, 0) is 13.8 Å². The molecule has 0 fully saturated rings. The van der Waals surface area contributed by atoms with Crippen molar-refractivity contribution in [2.24, 2.45) is 5.92 Å². The quantitative estimate of drug-likeness (QED) is 0.195. The van der Waals surface area contributed by atoms with E-state index in [1.165, 1.54) is 32.0 Å². The van der Waals surface area contributed by atoms with Crippen LogP contribution >= 0.6 is 0 Å². The van der Waals surface area contributed by atoms with E-state index < -0.39 is 28.4 Å². The van der Waals surface area contributed by atoms with Gasteiger partial charge in [-0.25, -0.2) is 4.79 Å². The number of nitro groups is 1. The summed E-state index contributed by atoms with van der Waals surface area (Å²) in [6, 6.07) is 4.99. The van der Waals surface area contributed by atoms with Crippen LogP contribution in [0.5, 0.6) is 0 Å². The van der Waals surface area contributed by atoms with Gasteiger partial charge in [-0.1, -0.05) is 12.1 Å². The molecule has 1 atom stereocenters. The first kappa shape index (κ1) is 15.5. The van der Waals surface area contributed by atoms with Gasteiger partial charge in [-0.2, -0.15) is 0 Å². The summed E-state index contributed by atoms with van der Waals surface area (Å²) in [6.45, 7) is 2.83. The monoisotopic (exact) mass is 279 g/mol. The lowest BCUT2D eigenvalue weighted by molar-refractivity contribution is -0.384. The van der Waals surface area contributed by atoms with Gasteiger partial charge in [0, 0.05) is 17.7 Å². The molecule has 0 aliphatic rings. The minimum Gasteiger partial charge on any atom is -0.460 e. The standard InChI is InChI=1S/C13H13NO6/c1-3-20-13(17)12(16)8(2)11(15)9-5-4-6-10(7-9)14(18)19/h4-8H,3H2,1-2H3. The number of esters is 1. The normalized spacial score (nSPS) is 11.5. The number of Topliss-reactive ketones (excluding diaryl/α,β-unsaturated/α-hetero) is 2. The van der Waals surface area contributed by atoms with Crippen molar-refractivity contribution in [1.82, 2.24) is 0 Å². The zero-order valence-corrected chi connectivity index (χ0v) is 11.0. The molecule has 1 unspecified atom stereocenters. The Hall–Kier alpha value is -2.57. The van der Waals surface area contributed by atoms with Gasteiger partial charge < -0.3 is 4.74 Å². The fourth-order valence-corrected chi connectivity index (χ4v) is 1.52. The van der Waals surface area contributed by atoms with Crippen molar-refractivity contribution in [2.75, 3.05) is 6.61 Å². The second-order valence-electron chi connectivity index (χ2n) is 3.98. The fourth-order valence-electron chi connectivity index (χ4n) is 1.52. The minimum absolute atomic E-state index is 0.00403. The van der Waals surface area contributed by atoms with Crippen LogP contribution in [-0.2, 0) is 14.3 Å². The van der Waals surface area contributed by atoms with Crippen molar-refractivity contribution >= 4 is 23.2 Å². The second kappa shape index (κ2) is 6.55. The molecule has 20 heavy (non-hydrogen) atoms. The number of nitro benzene ring substituents is 1. The van der Waals surface area contributed by atoms with Crippen LogP contribution in [0.15, 0.2) is 24.3 Å². The molecule has 0 amide bonds. The Morgan fingerprint density at radius 2 is 2.00 bits per heavy atom. The Labute approximate surface area is 114 Å². The average Bonchev–Trinajstić information content (AvgIpc) is 2.45. The third kappa shape index (κ3) is 3.47. The van der Waals surface area contributed by atoms with Crippen LogP contribution in [-0.4, -0.2) is 29.1 Å². The molecule has 0 bridgehead atoms. The third-order valence-electron chi connectivity index (χ3n) is 2.60. The molecule has 7 heteroatoms. The summed E-state index contributed by atoms with van der Waals surface area (Å²) in [4.78, 5) is 44.9. The second-order valence-corrected chi connectivity index (χ2v) is 3.98. The van der Waals surface area contributed by atoms with Crippen molar-refractivity contribution in [1.29, 1.82) is 0 Å². The lowest BCUT2D eigenvalue weighted by atomic mass is 9.95. The molecular formula is C13H13NO6. The predicted molar refractivity (Wildman–Crippen MR) is 68.2 cm³/mol. The number of hydrogen-bond donors (Lipinski definition) is 0. The van der Waals surface area contributed by atoms with Gasteiger partial charge in [0.1, 0.15) is 0 Å². The Balaban J connectivity index is 2.94. The van der Waals surface area contributed by atoms with E-state index in [9.17, 15) is 24.5 Å². The maximum atomic E-state index is 12.0. The highest BCUT2D eigenvalue weighted by atomic mass is 16.6. The van der Waals surface area contributed by atoms with Crippen LogP contribution in [0.25, 0.3) is 0 Å². The zero-order chi connectivity index (χ0) is 15.3. The van der Waals surface area contributed by atoms with Gasteiger partial charge in [0.2, 0.25) is 0 Å². The van der Waals surface area contributed by atoms with Gasteiger partial charge >= 0.3 is 5.97 Å². The highest BCUT2D eigenvalue weighted by Gasteiger charge is 2.29. The molecule has 0 aliphatic carbocycles. The summed E-state index contributed by atoms with van der Waals surface area (Å²) < 4.78 is 4.52. The number of carbonyl (C=O) groups is 3. The topological polar surface area (TPSA) is 104 Å². The maximum absolute atomic E-state index is 12.0. The number of rotatable bonds is 6. The molecule has 0 saturated carbocycles. The molecule has 1 aromatic rings. The highest BCUT2D eigenvalue weighted by Crippen LogP contribution is 2.17. The number of carbonyl (C=O) groups excluding carboxylic acids is 3. The molecule has 1 aromatic carbocycles. The van der Waals surface area contributed by atoms with Gasteiger partial charge in [-0.3, -0.25) is 19.7 Å². The van der Waals surface area contributed by atoms with Gasteiger partial charge in [0.25, 0.3) is 11.5 Å². The van der Waals surface area contributed by atoms with E-state index >= 15 is 0 Å². The van der Waals surface area contributed by atoms with E-state index in [4.69, 9.17) is 0 Å². The summed E-state index contributed by atoms with van der Waals surface area (Å²) >= 11 is 0. The number of ketones is 2. The van der Waals surface area contributed by atoms with E-state index in [0.29, 0.717) is 0 Å². The van der Waals surface area contributed by atoms with Crippen LogP contribution in [0, 0.1) is 16.0 Å². The summed E-state index contributed by atoms with van der Waals surface area (Å²) in [5.41, 5.74) is -0.254. The SMILES string of the molecule is CCOC(=O)C(=O)C(C)C(=O)c1cccc([N+](=O)[O-])c1. The van der Waals surface area contributed by atoms with Crippen LogP contribution in [0.2, 0.25) is 0 Å². The predicted octanol–water partition coefficient (Wildman–Crippen LogP) is 1.55. The minimum atomic E-state index is -1.24. The molecule has 0 aromatic heterocycles. The lowest BCUT2D eigenvalue weighted by Gasteiger charge is -2.08. The third-order valence-corrected chi connectivity index (χ3v) is 2.60. The molecule has 0 radical (unpaired) electrons. The Morgan fingerprint density at radius 3 is 2.55 bits per heavy atom. The smallest absolute Gasteiger partial charge is 0.375 e. The van der Waals surface area contributed by atoms with Crippen LogP contribution in [0.3, 0.4) is 0 Å². The van der Waals surface area contributed by atoms with Crippen molar-refractivity contribution < 1.29 is 24.0 Å². The van der Waals surface area contributed by atoms with Crippen molar-refractivity contribution in [2.45, 2.75) is 13.8 Å². The van der Waals surface area contributed by atoms with Crippen LogP contribution in [0.4, 0.5) is 5.69 Å². The van der Waals surface area contributed by atoms with Gasteiger partial charge in [0.15, 0.2) is 5.78 Å². The summed E-state index contributed by atoms with van der Waals surface area (Å²) in [7, 11) is 0. The first-order valence-electron chi connectivity index (χ1n) is 5.88. The molecule has 0 saturated heterocycles. The highest BCUT2D eigenvalue weighted by molar-refractivity contribution is 6.39. The fraction of sp³-hybridized carbons (Fsp3) is 0.308. The Bertz CT molecular complexity index is 566. The largest absolute Gasteiger partial charge is 0.460 e. The molecule has 0 aliphatic heterocycles. The van der Waals surface area contributed by atoms with Crippen molar-refractivity contribution in [3.05, 3.63) is 39.9 Å². The van der Waals surface area contributed by atoms with Crippen LogP contribution < -0.4 is 0 Å². The molecular weight excluding hydrogens is 266 g/mol. The first-order valence-corrected chi connectivity index (χ1v) is 5.88. The van der Waals surface area contributed by atoms with E-state index in [1.807, 2.05) is 0 Å². The Kier molecular flexibility index (Phi) is 5.08. The van der Waals surface area contributed by atoms with E-state index in [0.717, 1.165) is 6.07 Å². The number of non-ortho nitro benzene ring substituents is 1. The number of benzene rings is 1.